The molecular weight excluding hydrogens is 184 g/mol. The maximum atomic E-state index is 8.53. The standard InChI is InChI=1S/C13H12N2/c1-10-13-7-3-2-5-11(13)9-12(15-10)6-4-8-14/h2-3,5,7,9H,4,6H2,1H3. The van der Waals surface area contributed by atoms with Crippen LogP contribution in [0.2, 0.25) is 0 Å². The second kappa shape index (κ2) is 4.10. The number of aromatic nitrogens is 1. The Hall–Kier alpha value is -1.88. The lowest BCUT2D eigenvalue weighted by molar-refractivity contribution is 0.944. The van der Waals surface area contributed by atoms with Crippen LogP contribution in [0.3, 0.4) is 0 Å². The highest BCUT2D eigenvalue weighted by Gasteiger charge is 2.01. The molecular formula is C13H12N2. The summed E-state index contributed by atoms with van der Waals surface area (Å²) >= 11 is 0. The van der Waals surface area contributed by atoms with Gasteiger partial charge in [0.2, 0.25) is 0 Å². The first kappa shape index (κ1) is 9.67. The van der Waals surface area contributed by atoms with E-state index < -0.39 is 0 Å². The first-order chi connectivity index (χ1) is 7.31. The molecule has 0 aliphatic heterocycles. The van der Waals surface area contributed by atoms with Gasteiger partial charge in [-0.1, -0.05) is 24.3 Å². The highest BCUT2D eigenvalue weighted by Crippen LogP contribution is 2.18. The number of fused-ring (bicyclic) bond motifs is 1. The third kappa shape index (κ3) is 1.97. The first-order valence-electron chi connectivity index (χ1n) is 5.03. The largest absolute Gasteiger partial charge is 0.257 e. The molecule has 2 nitrogen and oxygen atoms in total. The van der Waals surface area contributed by atoms with Gasteiger partial charge >= 0.3 is 0 Å². The van der Waals surface area contributed by atoms with Crippen LogP contribution in [0, 0.1) is 18.3 Å². The lowest BCUT2D eigenvalue weighted by atomic mass is 10.1. The molecule has 0 aliphatic rings. The minimum absolute atomic E-state index is 0.533. The van der Waals surface area contributed by atoms with Crippen molar-refractivity contribution in [1.29, 1.82) is 5.26 Å². The fourth-order valence-electron chi connectivity index (χ4n) is 1.75. The third-order valence-electron chi connectivity index (χ3n) is 2.48. The number of hydrogen-bond acceptors (Lipinski definition) is 2. The predicted octanol–water partition coefficient (Wildman–Crippen LogP) is 3.00. The number of nitriles is 1. The normalized spacial score (nSPS) is 10.1. The topological polar surface area (TPSA) is 36.7 Å². The fraction of sp³-hybridized carbons (Fsp3) is 0.231. The van der Waals surface area contributed by atoms with E-state index in [0.717, 1.165) is 17.8 Å². The number of rotatable bonds is 2. The van der Waals surface area contributed by atoms with Crippen LogP contribution in [0.1, 0.15) is 17.8 Å². The molecule has 0 amide bonds. The summed E-state index contributed by atoms with van der Waals surface area (Å²) in [4.78, 5) is 4.49. The summed E-state index contributed by atoms with van der Waals surface area (Å²) in [5.74, 6) is 0. The monoisotopic (exact) mass is 196 g/mol. The van der Waals surface area contributed by atoms with Gasteiger partial charge in [0.15, 0.2) is 0 Å². The minimum Gasteiger partial charge on any atom is -0.257 e. The van der Waals surface area contributed by atoms with Crippen molar-refractivity contribution in [2.45, 2.75) is 19.8 Å². The molecule has 0 saturated heterocycles. The van der Waals surface area contributed by atoms with Crippen LogP contribution in [-0.2, 0) is 6.42 Å². The van der Waals surface area contributed by atoms with E-state index in [1.165, 1.54) is 10.8 Å². The maximum absolute atomic E-state index is 8.53. The number of aryl methyl sites for hydroxylation is 2. The Kier molecular flexibility index (Phi) is 2.64. The second-order valence-corrected chi connectivity index (χ2v) is 3.58. The van der Waals surface area contributed by atoms with Crippen LogP contribution in [0.15, 0.2) is 30.3 Å². The summed E-state index contributed by atoms with van der Waals surface area (Å²) in [6.45, 7) is 2.01. The van der Waals surface area contributed by atoms with Crippen LogP contribution in [-0.4, -0.2) is 4.98 Å². The Labute approximate surface area is 89.2 Å². The average Bonchev–Trinajstić information content (AvgIpc) is 2.26. The van der Waals surface area contributed by atoms with Crippen molar-refractivity contribution in [3.05, 3.63) is 41.7 Å². The second-order valence-electron chi connectivity index (χ2n) is 3.58. The Bertz CT molecular complexity index is 524. The summed E-state index contributed by atoms with van der Waals surface area (Å²) in [6, 6.07) is 12.4. The van der Waals surface area contributed by atoms with E-state index in [0.29, 0.717) is 6.42 Å². The van der Waals surface area contributed by atoms with Crippen molar-refractivity contribution >= 4 is 10.8 Å². The third-order valence-corrected chi connectivity index (χ3v) is 2.48. The van der Waals surface area contributed by atoms with Crippen molar-refractivity contribution < 1.29 is 0 Å². The lowest BCUT2D eigenvalue weighted by Gasteiger charge is -2.04. The molecule has 0 aliphatic carbocycles. The Morgan fingerprint density at radius 3 is 2.93 bits per heavy atom. The van der Waals surface area contributed by atoms with E-state index in [1.807, 2.05) is 19.1 Å². The highest BCUT2D eigenvalue weighted by molar-refractivity contribution is 5.84. The molecule has 1 aromatic heterocycles. The van der Waals surface area contributed by atoms with Crippen LogP contribution in [0.25, 0.3) is 10.8 Å². The lowest BCUT2D eigenvalue weighted by Crippen LogP contribution is -1.93. The van der Waals surface area contributed by atoms with Gasteiger partial charge in [0.05, 0.1) is 6.07 Å². The van der Waals surface area contributed by atoms with E-state index in [2.05, 4.69) is 29.3 Å². The van der Waals surface area contributed by atoms with E-state index in [1.54, 1.807) is 0 Å². The zero-order chi connectivity index (χ0) is 10.7. The fourth-order valence-corrected chi connectivity index (χ4v) is 1.75. The molecule has 15 heavy (non-hydrogen) atoms. The van der Waals surface area contributed by atoms with Crippen molar-refractivity contribution in [3.8, 4) is 6.07 Å². The molecule has 74 valence electrons. The van der Waals surface area contributed by atoms with Crippen molar-refractivity contribution in [1.82, 2.24) is 4.98 Å². The molecule has 0 N–H and O–H groups in total. The highest BCUT2D eigenvalue weighted by atomic mass is 14.7. The average molecular weight is 196 g/mol. The Morgan fingerprint density at radius 1 is 1.33 bits per heavy atom. The zero-order valence-electron chi connectivity index (χ0n) is 8.70. The zero-order valence-corrected chi connectivity index (χ0v) is 8.70. The molecule has 2 heteroatoms. The number of benzene rings is 1. The maximum Gasteiger partial charge on any atom is 0.0625 e. The van der Waals surface area contributed by atoms with Gasteiger partial charge in [-0.15, -0.1) is 0 Å². The molecule has 2 rings (SSSR count). The van der Waals surface area contributed by atoms with E-state index in [9.17, 15) is 0 Å². The molecule has 0 radical (unpaired) electrons. The summed E-state index contributed by atoms with van der Waals surface area (Å²) in [5, 5.41) is 10.9. The van der Waals surface area contributed by atoms with E-state index in [-0.39, 0.29) is 0 Å². The van der Waals surface area contributed by atoms with E-state index in [4.69, 9.17) is 5.26 Å². The quantitative estimate of drug-likeness (QED) is 0.740. The molecule has 2 aromatic rings. The molecule has 0 atom stereocenters. The van der Waals surface area contributed by atoms with Crippen LogP contribution in [0.4, 0.5) is 0 Å². The van der Waals surface area contributed by atoms with Crippen LogP contribution in [0.5, 0.6) is 0 Å². The summed E-state index contributed by atoms with van der Waals surface area (Å²) in [7, 11) is 0. The molecule has 1 heterocycles. The van der Waals surface area contributed by atoms with Gasteiger partial charge in [0.25, 0.3) is 0 Å². The number of nitrogens with zero attached hydrogens (tertiary/aromatic N) is 2. The molecule has 0 unspecified atom stereocenters. The van der Waals surface area contributed by atoms with Gasteiger partial charge in [0, 0.05) is 29.6 Å². The minimum atomic E-state index is 0.533. The van der Waals surface area contributed by atoms with Gasteiger partial charge in [-0.2, -0.15) is 5.26 Å². The van der Waals surface area contributed by atoms with Crippen molar-refractivity contribution in [2.24, 2.45) is 0 Å². The van der Waals surface area contributed by atoms with Gasteiger partial charge in [0.1, 0.15) is 0 Å². The first-order valence-corrected chi connectivity index (χ1v) is 5.03. The van der Waals surface area contributed by atoms with Gasteiger partial charge in [-0.25, -0.2) is 0 Å². The predicted molar refractivity (Wildman–Crippen MR) is 60.4 cm³/mol. The molecule has 0 bridgehead atoms. The summed E-state index contributed by atoms with van der Waals surface area (Å²) < 4.78 is 0. The smallest absolute Gasteiger partial charge is 0.0625 e. The van der Waals surface area contributed by atoms with Gasteiger partial charge < -0.3 is 0 Å². The van der Waals surface area contributed by atoms with Crippen LogP contribution >= 0.6 is 0 Å². The number of pyridine rings is 1. The van der Waals surface area contributed by atoms with Crippen LogP contribution < -0.4 is 0 Å². The molecule has 0 fully saturated rings. The molecule has 1 aromatic carbocycles. The van der Waals surface area contributed by atoms with Gasteiger partial charge in [-0.3, -0.25) is 4.98 Å². The summed E-state index contributed by atoms with van der Waals surface area (Å²) in [6.07, 6.45) is 1.27. The number of hydrogen-bond donors (Lipinski definition) is 0. The molecule has 0 spiro atoms. The van der Waals surface area contributed by atoms with Gasteiger partial charge in [-0.05, 0) is 18.4 Å². The SMILES string of the molecule is Cc1nc(CCC#N)cc2ccccc12. The summed E-state index contributed by atoms with van der Waals surface area (Å²) in [5.41, 5.74) is 2.05. The Balaban J connectivity index is 2.49. The van der Waals surface area contributed by atoms with Crippen molar-refractivity contribution in [3.63, 3.8) is 0 Å². The van der Waals surface area contributed by atoms with E-state index >= 15 is 0 Å². The van der Waals surface area contributed by atoms with Crippen molar-refractivity contribution in [2.75, 3.05) is 0 Å². The molecule has 0 saturated carbocycles. The Morgan fingerprint density at radius 2 is 2.13 bits per heavy atom.